The summed E-state index contributed by atoms with van der Waals surface area (Å²) in [5.74, 6) is 0. The van der Waals surface area contributed by atoms with Gasteiger partial charge >= 0.3 is 0 Å². The number of nitrogens with zero attached hydrogens (tertiary/aromatic N) is 2. The van der Waals surface area contributed by atoms with E-state index in [-0.39, 0.29) is 6.61 Å². The molecule has 1 N–H and O–H groups in total. The number of aliphatic hydroxyl groups is 1. The van der Waals surface area contributed by atoms with Gasteiger partial charge in [0.15, 0.2) is 5.65 Å². The van der Waals surface area contributed by atoms with Crippen LogP contribution in [0.5, 0.6) is 0 Å². The highest BCUT2D eigenvalue weighted by atomic mass is 127. The van der Waals surface area contributed by atoms with Crippen LogP contribution in [0.25, 0.3) is 5.65 Å². The van der Waals surface area contributed by atoms with Crippen LogP contribution in [0, 0.1) is 14.1 Å². The molecule has 0 radical (unpaired) electrons. The Morgan fingerprint density at radius 3 is 2.80 bits per heavy atom. The minimum atomic E-state index is 0.149. The normalized spacial score (nSPS) is 11.2. The van der Waals surface area contributed by atoms with Gasteiger partial charge in [-0.25, -0.2) is 4.98 Å². The molecule has 3 nitrogen and oxygen atoms in total. The third-order valence-corrected chi connectivity index (χ3v) is 4.18. The molecule has 0 atom stereocenters. The molecule has 0 aliphatic carbocycles. The quantitative estimate of drug-likeness (QED) is 0.747. The Morgan fingerprint density at radius 1 is 1.40 bits per heavy atom. The molecule has 2 aromatic rings. The van der Waals surface area contributed by atoms with E-state index in [1.54, 1.807) is 0 Å². The summed E-state index contributed by atoms with van der Waals surface area (Å²) in [6, 6.07) is 2.13. The molecule has 5 heteroatoms. The molecule has 0 aliphatic heterocycles. The molecule has 0 spiro atoms. The first-order chi connectivity index (χ1) is 7.13. The lowest BCUT2D eigenvalue weighted by Gasteiger charge is -2.03. The molecule has 0 aliphatic rings. The molecule has 2 rings (SSSR count). The standard InChI is InChI=1S/C10H10I2N2O/c1-6-8(11)4-9(12)10-13-7(2-3-15)5-14(6)10/h4-5,15H,2-3H2,1H3. The van der Waals surface area contributed by atoms with Crippen LogP contribution in [0.4, 0.5) is 0 Å². The van der Waals surface area contributed by atoms with Crippen LogP contribution in [0.3, 0.4) is 0 Å². The van der Waals surface area contributed by atoms with Gasteiger partial charge in [-0.15, -0.1) is 0 Å². The van der Waals surface area contributed by atoms with E-state index in [1.807, 2.05) is 6.20 Å². The first-order valence-corrected chi connectivity index (χ1v) is 6.72. The second-order valence-electron chi connectivity index (χ2n) is 3.33. The van der Waals surface area contributed by atoms with Gasteiger partial charge in [0, 0.05) is 28.5 Å². The average Bonchev–Trinajstić information content (AvgIpc) is 2.60. The van der Waals surface area contributed by atoms with Crippen molar-refractivity contribution in [2.24, 2.45) is 0 Å². The fourth-order valence-electron chi connectivity index (χ4n) is 1.48. The van der Waals surface area contributed by atoms with Crippen LogP contribution in [0.2, 0.25) is 0 Å². The largest absolute Gasteiger partial charge is 0.396 e. The number of hydrogen-bond donors (Lipinski definition) is 1. The first-order valence-electron chi connectivity index (χ1n) is 4.57. The monoisotopic (exact) mass is 428 g/mol. The van der Waals surface area contributed by atoms with E-state index in [2.05, 4.69) is 67.6 Å². The highest BCUT2D eigenvalue weighted by Gasteiger charge is 2.09. The fourth-order valence-corrected chi connectivity index (χ4v) is 3.34. The Bertz CT molecular complexity index is 508. The third kappa shape index (κ3) is 2.14. The van der Waals surface area contributed by atoms with Crippen molar-refractivity contribution in [3.05, 3.63) is 30.8 Å². The average molecular weight is 428 g/mol. The molecule has 0 saturated heterocycles. The Balaban J connectivity index is 2.68. The number of pyridine rings is 1. The van der Waals surface area contributed by atoms with Crippen molar-refractivity contribution in [2.45, 2.75) is 13.3 Å². The van der Waals surface area contributed by atoms with Crippen LogP contribution in [0.15, 0.2) is 12.3 Å². The van der Waals surface area contributed by atoms with Gasteiger partial charge in [0.25, 0.3) is 0 Å². The smallest absolute Gasteiger partial charge is 0.150 e. The summed E-state index contributed by atoms with van der Waals surface area (Å²) >= 11 is 4.62. The Morgan fingerprint density at radius 2 is 2.13 bits per heavy atom. The SMILES string of the molecule is Cc1c(I)cc(I)c2nc(CCO)cn12. The number of halogens is 2. The lowest BCUT2D eigenvalue weighted by molar-refractivity contribution is 0.298. The summed E-state index contributed by atoms with van der Waals surface area (Å²) in [5, 5.41) is 8.89. The van der Waals surface area contributed by atoms with Crippen LogP contribution >= 0.6 is 45.2 Å². The van der Waals surface area contributed by atoms with E-state index in [9.17, 15) is 0 Å². The van der Waals surface area contributed by atoms with Crippen molar-refractivity contribution in [1.82, 2.24) is 9.38 Å². The summed E-state index contributed by atoms with van der Waals surface area (Å²) in [4.78, 5) is 4.50. The van der Waals surface area contributed by atoms with Crippen molar-refractivity contribution >= 4 is 50.8 Å². The Labute approximate surface area is 115 Å². The zero-order valence-electron chi connectivity index (χ0n) is 8.17. The summed E-state index contributed by atoms with van der Waals surface area (Å²) in [7, 11) is 0. The predicted molar refractivity (Wildman–Crippen MR) is 76.2 cm³/mol. The summed E-state index contributed by atoms with van der Waals surface area (Å²) in [5.41, 5.74) is 3.13. The van der Waals surface area contributed by atoms with Gasteiger partial charge in [0.1, 0.15) is 0 Å². The number of aryl methyl sites for hydroxylation is 1. The van der Waals surface area contributed by atoms with E-state index in [0.29, 0.717) is 6.42 Å². The van der Waals surface area contributed by atoms with Gasteiger partial charge in [0.2, 0.25) is 0 Å². The topological polar surface area (TPSA) is 37.5 Å². The lowest BCUT2D eigenvalue weighted by Crippen LogP contribution is -1.95. The fraction of sp³-hybridized carbons (Fsp3) is 0.300. The van der Waals surface area contributed by atoms with E-state index < -0.39 is 0 Å². The van der Waals surface area contributed by atoms with Gasteiger partial charge in [-0.2, -0.15) is 0 Å². The van der Waals surface area contributed by atoms with Crippen molar-refractivity contribution in [2.75, 3.05) is 6.61 Å². The number of imidazole rings is 1. The molecule has 0 bridgehead atoms. The maximum absolute atomic E-state index is 8.89. The number of aromatic nitrogens is 2. The van der Waals surface area contributed by atoms with E-state index >= 15 is 0 Å². The maximum atomic E-state index is 8.89. The van der Waals surface area contributed by atoms with Crippen molar-refractivity contribution in [3.8, 4) is 0 Å². The van der Waals surface area contributed by atoms with Crippen LogP contribution in [-0.4, -0.2) is 21.1 Å². The van der Waals surface area contributed by atoms with Crippen molar-refractivity contribution < 1.29 is 5.11 Å². The molecule has 0 aromatic carbocycles. The summed E-state index contributed by atoms with van der Waals surface area (Å²) < 4.78 is 4.47. The molecule has 0 amide bonds. The molecular weight excluding hydrogens is 418 g/mol. The van der Waals surface area contributed by atoms with E-state index in [0.717, 1.165) is 14.9 Å². The highest BCUT2D eigenvalue weighted by Crippen LogP contribution is 2.21. The zero-order chi connectivity index (χ0) is 11.0. The van der Waals surface area contributed by atoms with Gasteiger partial charge in [0.05, 0.1) is 9.26 Å². The van der Waals surface area contributed by atoms with Gasteiger partial charge < -0.3 is 9.51 Å². The number of fused-ring (bicyclic) bond motifs is 1. The molecule has 2 aromatic heterocycles. The number of hydrogen-bond acceptors (Lipinski definition) is 2. The second-order valence-corrected chi connectivity index (χ2v) is 5.65. The zero-order valence-corrected chi connectivity index (χ0v) is 12.5. The Hall–Kier alpha value is 0.110. The maximum Gasteiger partial charge on any atom is 0.150 e. The predicted octanol–water partition coefficient (Wildman–Crippen LogP) is 2.39. The van der Waals surface area contributed by atoms with Gasteiger partial charge in [-0.05, 0) is 58.2 Å². The molecule has 0 unspecified atom stereocenters. The van der Waals surface area contributed by atoms with Crippen molar-refractivity contribution in [1.29, 1.82) is 0 Å². The van der Waals surface area contributed by atoms with Crippen LogP contribution in [0.1, 0.15) is 11.4 Å². The van der Waals surface area contributed by atoms with E-state index in [4.69, 9.17) is 5.11 Å². The van der Waals surface area contributed by atoms with Gasteiger partial charge in [-0.1, -0.05) is 0 Å². The lowest BCUT2D eigenvalue weighted by atomic mass is 10.3. The molecule has 2 heterocycles. The van der Waals surface area contributed by atoms with E-state index in [1.165, 1.54) is 9.26 Å². The first kappa shape index (κ1) is 11.6. The highest BCUT2D eigenvalue weighted by molar-refractivity contribution is 14.1. The molecular formula is C10H10I2N2O. The number of rotatable bonds is 2. The van der Waals surface area contributed by atoms with Crippen LogP contribution in [-0.2, 0) is 6.42 Å². The summed E-state index contributed by atoms with van der Waals surface area (Å²) in [6.07, 6.45) is 2.62. The minimum absolute atomic E-state index is 0.149. The van der Waals surface area contributed by atoms with Gasteiger partial charge in [-0.3, -0.25) is 0 Å². The Kier molecular flexibility index (Phi) is 3.51. The number of aliphatic hydroxyl groups excluding tert-OH is 1. The summed E-state index contributed by atoms with van der Waals surface area (Å²) in [6.45, 7) is 2.23. The molecule has 0 fully saturated rings. The second kappa shape index (κ2) is 4.54. The van der Waals surface area contributed by atoms with Crippen LogP contribution < -0.4 is 0 Å². The molecule has 80 valence electrons. The third-order valence-electron chi connectivity index (χ3n) is 2.30. The minimum Gasteiger partial charge on any atom is -0.396 e. The molecule has 0 saturated carbocycles. The molecule has 15 heavy (non-hydrogen) atoms. The van der Waals surface area contributed by atoms with Crippen molar-refractivity contribution in [3.63, 3.8) is 0 Å².